The fourth-order valence-corrected chi connectivity index (χ4v) is 1.80. The molecule has 2 heterocycles. The molecule has 0 aliphatic carbocycles. The Bertz CT molecular complexity index is 392. The van der Waals surface area contributed by atoms with Gasteiger partial charge in [0, 0.05) is 17.6 Å². The van der Waals surface area contributed by atoms with Crippen molar-refractivity contribution < 1.29 is 0 Å². The van der Waals surface area contributed by atoms with E-state index in [0.717, 1.165) is 10.7 Å². The number of nitrogens with zero attached hydrogens (tertiary/aromatic N) is 4. The fourth-order valence-electron chi connectivity index (χ4n) is 1.20. The van der Waals surface area contributed by atoms with Crippen LogP contribution in [0.3, 0.4) is 0 Å². The van der Waals surface area contributed by atoms with E-state index in [-0.39, 0.29) is 6.04 Å². The first-order valence-corrected chi connectivity index (χ1v) is 5.17. The molecular formula is C8H11N5S. The number of aromatic nitrogens is 4. The van der Waals surface area contributed by atoms with Gasteiger partial charge in [0.05, 0.1) is 18.4 Å². The monoisotopic (exact) mass is 209 g/mol. The van der Waals surface area contributed by atoms with E-state index in [9.17, 15) is 0 Å². The summed E-state index contributed by atoms with van der Waals surface area (Å²) in [6.07, 6.45) is 3.47. The van der Waals surface area contributed by atoms with Gasteiger partial charge in [-0.2, -0.15) is 0 Å². The predicted octanol–water partition coefficient (Wildman–Crippen LogP) is 0.803. The van der Waals surface area contributed by atoms with Crippen molar-refractivity contribution in [2.75, 3.05) is 0 Å². The number of hydrogen-bond donors (Lipinski definition) is 1. The van der Waals surface area contributed by atoms with E-state index < -0.39 is 0 Å². The molecule has 0 amide bonds. The Morgan fingerprint density at radius 2 is 2.50 bits per heavy atom. The molecule has 74 valence electrons. The van der Waals surface area contributed by atoms with Gasteiger partial charge >= 0.3 is 0 Å². The normalized spacial score (nSPS) is 13.0. The molecule has 2 N–H and O–H groups in total. The van der Waals surface area contributed by atoms with Gasteiger partial charge < -0.3 is 5.73 Å². The van der Waals surface area contributed by atoms with Crippen LogP contribution in [0, 0.1) is 0 Å². The van der Waals surface area contributed by atoms with Gasteiger partial charge in [-0.15, -0.1) is 16.4 Å². The lowest BCUT2D eigenvalue weighted by atomic mass is 10.3. The molecule has 0 aromatic carbocycles. The Morgan fingerprint density at radius 3 is 3.14 bits per heavy atom. The van der Waals surface area contributed by atoms with Crippen LogP contribution in [0.15, 0.2) is 17.8 Å². The lowest BCUT2D eigenvalue weighted by Crippen LogP contribution is -2.13. The standard InChI is InChI=1S/C8H11N5S/c1-6(9)7-4-11-12-13(7)5-8-10-2-3-14-8/h2-4,6H,5,9H2,1H3. The number of thiazole rings is 1. The quantitative estimate of drug-likeness (QED) is 0.811. The molecule has 6 heteroatoms. The second-order valence-electron chi connectivity index (χ2n) is 3.03. The summed E-state index contributed by atoms with van der Waals surface area (Å²) >= 11 is 1.60. The van der Waals surface area contributed by atoms with Gasteiger partial charge in [-0.05, 0) is 6.92 Å². The van der Waals surface area contributed by atoms with Gasteiger partial charge in [0.2, 0.25) is 0 Å². The van der Waals surface area contributed by atoms with Crippen LogP contribution in [0.5, 0.6) is 0 Å². The van der Waals surface area contributed by atoms with Gasteiger partial charge in [-0.25, -0.2) is 9.67 Å². The molecule has 0 fully saturated rings. The molecule has 1 unspecified atom stereocenters. The molecule has 0 spiro atoms. The van der Waals surface area contributed by atoms with Crippen LogP contribution in [0.4, 0.5) is 0 Å². The average molecular weight is 209 g/mol. The molecule has 2 rings (SSSR count). The number of hydrogen-bond acceptors (Lipinski definition) is 5. The molecule has 0 saturated carbocycles. The zero-order valence-corrected chi connectivity index (χ0v) is 8.61. The summed E-state index contributed by atoms with van der Waals surface area (Å²) in [4.78, 5) is 4.18. The van der Waals surface area contributed by atoms with Crippen LogP contribution in [-0.4, -0.2) is 20.0 Å². The zero-order chi connectivity index (χ0) is 9.97. The minimum Gasteiger partial charge on any atom is -0.323 e. The maximum Gasteiger partial charge on any atom is 0.114 e. The summed E-state index contributed by atoms with van der Waals surface area (Å²) in [7, 11) is 0. The van der Waals surface area contributed by atoms with Gasteiger partial charge in [0.1, 0.15) is 5.01 Å². The van der Waals surface area contributed by atoms with Crippen molar-refractivity contribution >= 4 is 11.3 Å². The minimum absolute atomic E-state index is 0.0510. The molecular weight excluding hydrogens is 198 g/mol. The van der Waals surface area contributed by atoms with Gasteiger partial charge in [-0.1, -0.05) is 5.21 Å². The molecule has 0 bridgehead atoms. The van der Waals surface area contributed by atoms with Crippen LogP contribution in [0.25, 0.3) is 0 Å². The third kappa shape index (κ3) is 1.80. The first kappa shape index (κ1) is 9.29. The zero-order valence-electron chi connectivity index (χ0n) is 7.79. The molecule has 14 heavy (non-hydrogen) atoms. The summed E-state index contributed by atoms with van der Waals surface area (Å²) in [5, 5.41) is 10.8. The smallest absolute Gasteiger partial charge is 0.114 e. The maximum atomic E-state index is 5.77. The van der Waals surface area contributed by atoms with Crippen LogP contribution in [0.2, 0.25) is 0 Å². The Balaban J connectivity index is 2.21. The molecule has 5 nitrogen and oxygen atoms in total. The lowest BCUT2D eigenvalue weighted by Gasteiger charge is -2.06. The average Bonchev–Trinajstić information content (AvgIpc) is 2.75. The Labute approximate surface area is 85.6 Å². The highest BCUT2D eigenvalue weighted by Gasteiger charge is 2.09. The topological polar surface area (TPSA) is 69.6 Å². The van der Waals surface area contributed by atoms with Crippen LogP contribution < -0.4 is 5.73 Å². The second kappa shape index (κ2) is 3.85. The Kier molecular flexibility index (Phi) is 2.55. The van der Waals surface area contributed by atoms with E-state index in [2.05, 4.69) is 15.3 Å². The highest BCUT2D eigenvalue weighted by Crippen LogP contribution is 2.11. The Morgan fingerprint density at radius 1 is 1.64 bits per heavy atom. The number of rotatable bonds is 3. The van der Waals surface area contributed by atoms with E-state index in [1.54, 1.807) is 28.4 Å². The van der Waals surface area contributed by atoms with Crippen molar-refractivity contribution in [2.24, 2.45) is 5.73 Å². The van der Waals surface area contributed by atoms with Crippen molar-refractivity contribution in [1.29, 1.82) is 0 Å². The van der Waals surface area contributed by atoms with Crippen molar-refractivity contribution in [1.82, 2.24) is 20.0 Å². The SMILES string of the molecule is CC(N)c1cnnn1Cc1nccs1. The highest BCUT2D eigenvalue weighted by molar-refractivity contribution is 7.09. The fraction of sp³-hybridized carbons (Fsp3) is 0.375. The van der Waals surface area contributed by atoms with E-state index in [1.165, 1.54) is 0 Å². The first-order chi connectivity index (χ1) is 6.77. The number of nitrogens with two attached hydrogens (primary N) is 1. The third-order valence-corrected chi connectivity index (χ3v) is 2.65. The van der Waals surface area contributed by atoms with Crippen LogP contribution in [0.1, 0.15) is 23.7 Å². The molecule has 2 aromatic heterocycles. The van der Waals surface area contributed by atoms with E-state index in [1.807, 2.05) is 12.3 Å². The van der Waals surface area contributed by atoms with Gasteiger partial charge in [0.25, 0.3) is 0 Å². The molecule has 0 radical (unpaired) electrons. The minimum atomic E-state index is -0.0510. The van der Waals surface area contributed by atoms with Crippen molar-refractivity contribution in [2.45, 2.75) is 19.5 Å². The van der Waals surface area contributed by atoms with Crippen molar-refractivity contribution in [3.63, 3.8) is 0 Å². The van der Waals surface area contributed by atoms with E-state index >= 15 is 0 Å². The van der Waals surface area contributed by atoms with Crippen LogP contribution in [-0.2, 0) is 6.54 Å². The molecule has 0 aliphatic rings. The Hall–Kier alpha value is -1.27. The highest BCUT2D eigenvalue weighted by atomic mass is 32.1. The summed E-state index contributed by atoms with van der Waals surface area (Å²) < 4.78 is 1.78. The third-order valence-electron chi connectivity index (χ3n) is 1.88. The molecule has 2 aromatic rings. The molecule has 0 saturated heterocycles. The van der Waals surface area contributed by atoms with Gasteiger partial charge in [0.15, 0.2) is 0 Å². The van der Waals surface area contributed by atoms with E-state index in [0.29, 0.717) is 6.54 Å². The largest absolute Gasteiger partial charge is 0.323 e. The first-order valence-electron chi connectivity index (χ1n) is 4.29. The summed E-state index contributed by atoms with van der Waals surface area (Å²) in [5.74, 6) is 0. The lowest BCUT2D eigenvalue weighted by molar-refractivity contribution is 0.589. The van der Waals surface area contributed by atoms with Crippen LogP contribution >= 0.6 is 11.3 Å². The summed E-state index contributed by atoms with van der Waals surface area (Å²) in [6, 6.07) is -0.0510. The van der Waals surface area contributed by atoms with E-state index in [4.69, 9.17) is 5.73 Å². The van der Waals surface area contributed by atoms with Crippen molar-refractivity contribution in [3.05, 3.63) is 28.5 Å². The van der Waals surface area contributed by atoms with Gasteiger partial charge in [-0.3, -0.25) is 0 Å². The van der Waals surface area contributed by atoms with Crippen molar-refractivity contribution in [3.8, 4) is 0 Å². The summed E-state index contributed by atoms with van der Waals surface area (Å²) in [6.45, 7) is 2.56. The maximum absolute atomic E-state index is 5.77. The molecule has 0 aliphatic heterocycles. The summed E-state index contributed by atoms with van der Waals surface area (Å²) in [5.41, 5.74) is 6.70. The second-order valence-corrected chi connectivity index (χ2v) is 4.01. The predicted molar refractivity (Wildman–Crippen MR) is 53.8 cm³/mol. The molecule has 1 atom stereocenters.